The molecule has 2 aromatic heterocycles. The molecule has 0 saturated carbocycles. The molecule has 4 aromatic rings. The van der Waals surface area contributed by atoms with E-state index in [4.69, 9.17) is 36.1 Å². The summed E-state index contributed by atoms with van der Waals surface area (Å²) in [5.41, 5.74) is 2.63. The lowest BCUT2D eigenvalue weighted by Crippen LogP contribution is -2.34. The fourth-order valence-electron chi connectivity index (χ4n) is 5.81. The zero-order valence-electron chi connectivity index (χ0n) is 23.2. The number of aromatic nitrogens is 3. The molecule has 0 bridgehead atoms. The van der Waals surface area contributed by atoms with Crippen molar-refractivity contribution in [3.05, 3.63) is 82.0 Å². The molecule has 2 aliphatic rings. The molecule has 220 valence electrons. The van der Waals surface area contributed by atoms with E-state index >= 15 is 0 Å². The summed E-state index contributed by atoms with van der Waals surface area (Å²) in [7, 11) is 1.63. The number of likely N-dealkylation sites (tertiary alicyclic amines) is 1. The highest BCUT2D eigenvalue weighted by Gasteiger charge is 2.43. The van der Waals surface area contributed by atoms with Crippen LogP contribution in [0.2, 0.25) is 5.02 Å². The van der Waals surface area contributed by atoms with E-state index in [1.54, 1.807) is 32.2 Å². The van der Waals surface area contributed by atoms with Gasteiger partial charge in [-0.15, -0.1) is 0 Å². The molecule has 4 heterocycles. The smallest absolute Gasteiger partial charge is 0.374 e. The van der Waals surface area contributed by atoms with Gasteiger partial charge in [0.25, 0.3) is 5.79 Å². The summed E-state index contributed by atoms with van der Waals surface area (Å²) < 4.78 is 34.6. The fraction of sp³-hybridized carbons (Fsp3) is 0.367. The van der Waals surface area contributed by atoms with Crippen LogP contribution in [-0.4, -0.2) is 57.5 Å². The minimum absolute atomic E-state index is 0.132. The topological polar surface area (TPSA) is 108 Å². The Morgan fingerprint density at radius 2 is 2.02 bits per heavy atom. The molecule has 1 atom stereocenters. The summed E-state index contributed by atoms with van der Waals surface area (Å²) in [5, 5.41) is 9.09. The summed E-state index contributed by atoms with van der Waals surface area (Å²) in [4.78, 5) is 27.1. The standard InChI is InChI=1S/C30H30ClFN4O6/c1-30(22-7-6-20(31)15-23(22)32)40-25-5-3-4-21(27(25)41-30)18-8-10-35(11-9-18)17-26-34-28-24(36(26)12-13-39-2)14-19(16-33-28)29(37)42-38/h3-7,14-16,18,38H,8-13,17H2,1-2H3. The fourth-order valence-corrected chi connectivity index (χ4v) is 5.97. The van der Waals surface area contributed by atoms with Gasteiger partial charge in [0.05, 0.1) is 29.8 Å². The van der Waals surface area contributed by atoms with E-state index in [1.807, 2.05) is 16.7 Å². The van der Waals surface area contributed by atoms with Gasteiger partial charge in [0.15, 0.2) is 17.1 Å². The van der Waals surface area contributed by atoms with Crippen molar-refractivity contribution in [2.75, 3.05) is 26.8 Å². The number of rotatable bonds is 8. The van der Waals surface area contributed by atoms with Gasteiger partial charge >= 0.3 is 5.97 Å². The molecule has 1 unspecified atom stereocenters. The quantitative estimate of drug-likeness (QED) is 0.208. The maximum atomic E-state index is 14.8. The lowest BCUT2D eigenvalue weighted by molar-refractivity contribution is -0.182. The number of methoxy groups -OCH3 is 1. The number of benzene rings is 2. The van der Waals surface area contributed by atoms with Crippen molar-refractivity contribution in [3.8, 4) is 11.5 Å². The number of carbonyl (C=O) groups excluding carboxylic acids is 1. The van der Waals surface area contributed by atoms with Crippen molar-refractivity contribution in [2.45, 2.75) is 44.6 Å². The van der Waals surface area contributed by atoms with Crippen molar-refractivity contribution in [1.82, 2.24) is 19.4 Å². The zero-order chi connectivity index (χ0) is 29.4. The van der Waals surface area contributed by atoms with Crippen molar-refractivity contribution < 1.29 is 33.5 Å². The molecule has 2 aromatic carbocycles. The van der Waals surface area contributed by atoms with Crippen molar-refractivity contribution >= 4 is 28.7 Å². The van der Waals surface area contributed by atoms with E-state index in [0.29, 0.717) is 47.4 Å². The molecular formula is C30H30ClFN4O6. The van der Waals surface area contributed by atoms with Crippen LogP contribution in [0.1, 0.15) is 53.0 Å². The number of fused-ring (bicyclic) bond motifs is 2. The van der Waals surface area contributed by atoms with Gasteiger partial charge in [-0.1, -0.05) is 23.7 Å². The Labute approximate surface area is 246 Å². The van der Waals surface area contributed by atoms with Gasteiger partial charge in [0.1, 0.15) is 11.6 Å². The molecule has 1 N–H and O–H groups in total. The monoisotopic (exact) mass is 596 g/mol. The first-order valence-electron chi connectivity index (χ1n) is 13.7. The average Bonchev–Trinajstić information content (AvgIpc) is 3.52. The van der Waals surface area contributed by atoms with Gasteiger partial charge < -0.3 is 18.8 Å². The Kier molecular flexibility index (Phi) is 7.75. The number of halogens is 2. The van der Waals surface area contributed by atoms with E-state index in [2.05, 4.69) is 20.8 Å². The van der Waals surface area contributed by atoms with Gasteiger partial charge in [-0.05, 0) is 62.2 Å². The lowest BCUT2D eigenvalue weighted by Gasteiger charge is -2.32. The number of para-hydroxylation sites is 1. The van der Waals surface area contributed by atoms with Gasteiger partial charge in [-0.25, -0.2) is 19.2 Å². The number of hydrogen-bond donors (Lipinski definition) is 1. The maximum Gasteiger partial charge on any atom is 0.374 e. The molecule has 0 amide bonds. The van der Waals surface area contributed by atoms with Crippen LogP contribution in [0.3, 0.4) is 0 Å². The molecule has 12 heteroatoms. The third kappa shape index (κ3) is 5.29. The minimum Gasteiger partial charge on any atom is -0.444 e. The summed E-state index contributed by atoms with van der Waals surface area (Å²) in [6.07, 6.45) is 3.10. The first kappa shape index (κ1) is 28.4. The molecule has 10 nitrogen and oxygen atoms in total. The van der Waals surface area contributed by atoms with E-state index in [9.17, 15) is 9.18 Å². The van der Waals surface area contributed by atoms with E-state index in [-0.39, 0.29) is 17.0 Å². The number of pyridine rings is 1. The van der Waals surface area contributed by atoms with E-state index < -0.39 is 17.6 Å². The Morgan fingerprint density at radius 3 is 2.76 bits per heavy atom. The number of piperidine rings is 1. The SMILES string of the molecule is COCCn1c(CN2CCC(c3cccc4c3OC(C)(c3ccc(Cl)cc3F)O4)CC2)nc2ncc(C(=O)OO)cc21. The first-order chi connectivity index (χ1) is 20.3. The molecule has 0 radical (unpaired) electrons. The third-order valence-electron chi connectivity index (χ3n) is 7.95. The third-order valence-corrected chi connectivity index (χ3v) is 8.18. The number of ether oxygens (including phenoxy) is 3. The minimum atomic E-state index is -1.29. The van der Waals surface area contributed by atoms with Crippen LogP contribution in [0.4, 0.5) is 4.39 Å². The molecular weight excluding hydrogens is 567 g/mol. The number of carbonyl (C=O) groups is 1. The normalized spacial score (nSPS) is 19.0. The van der Waals surface area contributed by atoms with Crippen molar-refractivity contribution in [3.63, 3.8) is 0 Å². The summed E-state index contributed by atoms with van der Waals surface area (Å²) >= 11 is 5.96. The number of imidazole rings is 1. The lowest BCUT2D eigenvalue weighted by atomic mass is 9.88. The van der Waals surface area contributed by atoms with Crippen LogP contribution in [0.5, 0.6) is 11.5 Å². The average molecular weight is 597 g/mol. The largest absolute Gasteiger partial charge is 0.444 e. The molecule has 2 aliphatic heterocycles. The Balaban J connectivity index is 1.18. The van der Waals surface area contributed by atoms with Crippen LogP contribution in [0, 0.1) is 5.82 Å². The Bertz CT molecular complexity index is 1640. The number of hydrogen-bond acceptors (Lipinski definition) is 9. The van der Waals surface area contributed by atoms with Gasteiger partial charge in [0, 0.05) is 37.4 Å². The predicted octanol–water partition coefficient (Wildman–Crippen LogP) is 5.52. The highest BCUT2D eigenvalue weighted by atomic mass is 35.5. The molecule has 6 rings (SSSR count). The summed E-state index contributed by atoms with van der Waals surface area (Å²) in [6, 6.07) is 11.9. The second-order valence-electron chi connectivity index (χ2n) is 10.6. The van der Waals surface area contributed by atoms with Crippen LogP contribution in [0.25, 0.3) is 11.2 Å². The van der Waals surface area contributed by atoms with Gasteiger partial charge in [-0.3, -0.25) is 9.79 Å². The van der Waals surface area contributed by atoms with E-state index in [1.165, 1.54) is 12.3 Å². The summed E-state index contributed by atoms with van der Waals surface area (Å²) in [6.45, 7) is 4.93. The Hall–Kier alpha value is -3.77. The molecule has 0 aliphatic carbocycles. The molecule has 1 fully saturated rings. The van der Waals surface area contributed by atoms with Crippen molar-refractivity contribution in [2.24, 2.45) is 0 Å². The Morgan fingerprint density at radius 1 is 1.21 bits per heavy atom. The van der Waals surface area contributed by atoms with E-state index in [0.717, 1.165) is 37.3 Å². The van der Waals surface area contributed by atoms with Gasteiger partial charge in [-0.2, -0.15) is 5.26 Å². The molecule has 0 spiro atoms. The molecule has 1 saturated heterocycles. The van der Waals surface area contributed by atoms with Crippen LogP contribution >= 0.6 is 11.6 Å². The van der Waals surface area contributed by atoms with Crippen LogP contribution < -0.4 is 9.47 Å². The highest BCUT2D eigenvalue weighted by molar-refractivity contribution is 6.30. The zero-order valence-corrected chi connectivity index (χ0v) is 23.9. The highest BCUT2D eigenvalue weighted by Crippen LogP contribution is 2.49. The second kappa shape index (κ2) is 11.5. The predicted molar refractivity (Wildman–Crippen MR) is 151 cm³/mol. The van der Waals surface area contributed by atoms with Crippen LogP contribution in [-0.2, 0) is 28.5 Å². The number of nitrogens with zero attached hydrogens (tertiary/aromatic N) is 4. The second-order valence-corrected chi connectivity index (χ2v) is 11.1. The molecule has 42 heavy (non-hydrogen) atoms. The van der Waals surface area contributed by atoms with Gasteiger partial charge in [0.2, 0.25) is 0 Å². The van der Waals surface area contributed by atoms with Crippen LogP contribution in [0.15, 0.2) is 48.7 Å². The first-order valence-corrected chi connectivity index (χ1v) is 14.1. The summed E-state index contributed by atoms with van der Waals surface area (Å²) in [5.74, 6) is -0.375. The maximum absolute atomic E-state index is 14.8. The van der Waals surface area contributed by atoms with Crippen molar-refractivity contribution in [1.29, 1.82) is 0 Å².